The van der Waals surface area contributed by atoms with Crippen molar-refractivity contribution < 1.29 is 18.0 Å². The maximum absolute atomic E-state index is 13.3. The van der Waals surface area contributed by atoms with Gasteiger partial charge in [-0.3, -0.25) is 4.79 Å². The Labute approximate surface area is 115 Å². The van der Waals surface area contributed by atoms with Gasteiger partial charge in [-0.2, -0.15) is 0 Å². The summed E-state index contributed by atoms with van der Waals surface area (Å²) in [5, 5.41) is 2.14. The Morgan fingerprint density at radius 3 is 2.26 bits per heavy atom. The second-order valence-electron chi connectivity index (χ2n) is 4.47. The average Bonchev–Trinajstić information content (AvgIpc) is 2.24. The van der Waals surface area contributed by atoms with Gasteiger partial charge in [0.15, 0.2) is 11.6 Å². The fourth-order valence-corrected chi connectivity index (χ4v) is 1.46. The van der Waals surface area contributed by atoms with Gasteiger partial charge in [0.1, 0.15) is 5.82 Å². The summed E-state index contributed by atoms with van der Waals surface area (Å²) in [6.45, 7) is 3.76. The smallest absolute Gasteiger partial charge is 0.241 e. The molecule has 1 amide bonds. The molecular weight excluding hydrogens is 281 g/mol. The zero-order chi connectivity index (χ0) is 13.9. The summed E-state index contributed by atoms with van der Waals surface area (Å²) < 4.78 is 38.8. The third kappa shape index (κ3) is 5.08. The summed E-state index contributed by atoms with van der Waals surface area (Å²) in [5.41, 5.74) is 5.16. The molecule has 1 aromatic carbocycles. The van der Waals surface area contributed by atoms with E-state index in [1.165, 1.54) is 0 Å². The molecule has 0 aromatic heterocycles. The number of nitrogens with one attached hydrogen (secondary N) is 1. The van der Waals surface area contributed by atoms with Crippen molar-refractivity contribution in [2.45, 2.75) is 26.3 Å². The van der Waals surface area contributed by atoms with Crippen molar-refractivity contribution in [3.8, 4) is 0 Å². The molecule has 0 spiro atoms. The zero-order valence-electron chi connectivity index (χ0n) is 10.5. The molecule has 19 heavy (non-hydrogen) atoms. The summed E-state index contributed by atoms with van der Waals surface area (Å²) in [6, 6.07) is 0.140. The van der Waals surface area contributed by atoms with Gasteiger partial charge in [-0.05, 0) is 12.3 Å². The molecule has 1 rings (SSSR count). The first-order valence-electron chi connectivity index (χ1n) is 5.52. The molecule has 0 unspecified atom stereocenters. The first-order valence-corrected chi connectivity index (χ1v) is 5.52. The Balaban J connectivity index is 0.00000324. The van der Waals surface area contributed by atoms with E-state index in [1.807, 2.05) is 13.8 Å². The lowest BCUT2D eigenvalue weighted by Gasteiger charge is -2.14. The molecule has 3 N–H and O–H groups in total. The van der Waals surface area contributed by atoms with Crippen LogP contribution in [0.25, 0.3) is 0 Å². The van der Waals surface area contributed by atoms with Crippen molar-refractivity contribution in [2.24, 2.45) is 11.7 Å². The van der Waals surface area contributed by atoms with Crippen molar-refractivity contribution in [1.82, 2.24) is 0 Å². The highest BCUT2D eigenvalue weighted by molar-refractivity contribution is 5.94. The quantitative estimate of drug-likeness (QED) is 0.840. The van der Waals surface area contributed by atoms with Gasteiger partial charge in [0.25, 0.3) is 0 Å². The molecule has 3 nitrogen and oxygen atoms in total. The van der Waals surface area contributed by atoms with E-state index in [1.54, 1.807) is 0 Å². The summed E-state index contributed by atoms with van der Waals surface area (Å²) in [7, 11) is 0. The summed E-state index contributed by atoms with van der Waals surface area (Å²) in [4.78, 5) is 11.6. The summed E-state index contributed by atoms with van der Waals surface area (Å²) >= 11 is 0. The van der Waals surface area contributed by atoms with Crippen LogP contribution < -0.4 is 11.1 Å². The molecule has 0 radical (unpaired) electrons. The maximum atomic E-state index is 13.3. The van der Waals surface area contributed by atoms with Gasteiger partial charge in [-0.25, -0.2) is 13.2 Å². The molecule has 0 fully saturated rings. The highest BCUT2D eigenvalue weighted by Crippen LogP contribution is 2.18. The van der Waals surface area contributed by atoms with Gasteiger partial charge >= 0.3 is 0 Å². The highest BCUT2D eigenvalue weighted by atomic mass is 35.5. The van der Waals surface area contributed by atoms with Gasteiger partial charge in [0.05, 0.1) is 11.7 Å². The Morgan fingerprint density at radius 2 is 1.74 bits per heavy atom. The molecule has 0 aliphatic carbocycles. The van der Waals surface area contributed by atoms with Crippen LogP contribution in [0.1, 0.15) is 20.3 Å². The molecule has 1 atom stereocenters. The lowest BCUT2D eigenvalue weighted by atomic mass is 10.0. The first-order chi connectivity index (χ1) is 8.31. The third-order valence-corrected chi connectivity index (χ3v) is 2.33. The van der Waals surface area contributed by atoms with E-state index in [2.05, 4.69) is 5.32 Å². The second-order valence-corrected chi connectivity index (χ2v) is 4.47. The lowest BCUT2D eigenvalue weighted by molar-refractivity contribution is -0.117. The molecule has 0 aliphatic heterocycles. The fraction of sp³-hybridized carbons (Fsp3) is 0.417. The molecular formula is C12H16ClF3N2O. The van der Waals surface area contributed by atoms with Crippen LogP contribution in [0.5, 0.6) is 0 Å². The third-order valence-electron chi connectivity index (χ3n) is 2.33. The molecule has 0 saturated carbocycles. The number of carbonyl (C=O) groups excluding carboxylic acids is 1. The SMILES string of the molecule is CC(C)C[C@H](N)C(=O)Nc1cc(F)c(F)cc1F.Cl. The van der Waals surface area contributed by atoms with Crippen LogP contribution in [0, 0.1) is 23.4 Å². The van der Waals surface area contributed by atoms with Crippen LogP contribution in [0.3, 0.4) is 0 Å². The van der Waals surface area contributed by atoms with Gasteiger partial charge in [0.2, 0.25) is 5.91 Å². The van der Waals surface area contributed by atoms with Crippen molar-refractivity contribution in [3.05, 3.63) is 29.6 Å². The van der Waals surface area contributed by atoms with Gasteiger partial charge in [0, 0.05) is 12.1 Å². The standard InChI is InChI=1S/C12H15F3N2O.ClH/c1-6(2)3-10(16)12(18)17-11-5-8(14)7(13)4-9(11)15;/h4-6,10H,3,16H2,1-2H3,(H,17,18);1H/t10-;/m0./s1. The molecule has 1 aromatic rings. The van der Waals surface area contributed by atoms with E-state index in [4.69, 9.17) is 5.73 Å². The van der Waals surface area contributed by atoms with Crippen LogP contribution in [-0.2, 0) is 4.79 Å². The Bertz CT molecular complexity index is 455. The molecule has 0 saturated heterocycles. The van der Waals surface area contributed by atoms with Crippen LogP contribution in [0.2, 0.25) is 0 Å². The van der Waals surface area contributed by atoms with E-state index < -0.39 is 35.1 Å². The van der Waals surface area contributed by atoms with Gasteiger partial charge < -0.3 is 11.1 Å². The molecule has 0 aliphatic rings. The molecule has 108 valence electrons. The average molecular weight is 297 g/mol. The summed E-state index contributed by atoms with van der Waals surface area (Å²) in [6.07, 6.45) is 0.414. The number of amides is 1. The minimum atomic E-state index is -1.31. The van der Waals surface area contributed by atoms with Crippen molar-refractivity contribution in [1.29, 1.82) is 0 Å². The van der Waals surface area contributed by atoms with Gasteiger partial charge in [-0.1, -0.05) is 13.8 Å². The van der Waals surface area contributed by atoms with Crippen molar-refractivity contribution in [2.75, 3.05) is 5.32 Å². The van der Waals surface area contributed by atoms with E-state index in [0.29, 0.717) is 18.6 Å². The predicted octanol–water partition coefficient (Wildman–Crippen LogP) is 2.84. The minimum Gasteiger partial charge on any atom is -0.322 e. The van der Waals surface area contributed by atoms with E-state index in [-0.39, 0.29) is 18.3 Å². The number of carbonyl (C=O) groups is 1. The number of hydrogen-bond acceptors (Lipinski definition) is 2. The number of anilines is 1. The van der Waals surface area contributed by atoms with E-state index in [0.717, 1.165) is 0 Å². The molecule has 0 heterocycles. The largest absolute Gasteiger partial charge is 0.322 e. The Kier molecular flexibility index (Phi) is 6.86. The normalized spacial score (nSPS) is 11.9. The predicted molar refractivity (Wildman–Crippen MR) is 69.6 cm³/mol. The summed E-state index contributed by atoms with van der Waals surface area (Å²) in [5.74, 6) is -4.02. The number of benzene rings is 1. The maximum Gasteiger partial charge on any atom is 0.241 e. The lowest BCUT2D eigenvalue weighted by Crippen LogP contribution is -2.36. The topological polar surface area (TPSA) is 55.1 Å². The zero-order valence-corrected chi connectivity index (χ0v) is 11.4. The van der Waals surface area contributed by atoms with Gasteiger partial charge in [-0.15, -0.1) is 12.4 Å². The molecule has 0 bridgehead atoms. The monoisotopic (exact) mass is 296 g/mol. The van der Waals surface area contributed by atoms with Crippen LogP contribution in [0.4, 0.5) is 18.9 Å². The van der Waals surface area contributed by atoms with Crippen LogP contribution >= 0.6 is 12.4 Å². The number of nitrogens with two attached hydrogens (primary N) is 1. The first kappa shape index (κ1) is 17.7. The second kappa shape index (κ2) is 7.35. The minimum absolute atomic E-state index is 0. The van der Waals surface area contributed by atoms with E-state index >= 15 is 0 Å². The number of hydrogen-bond donors (Lipinski definition) is 2. The van der Waals surface area contributed by atoms with Crippen molar-refractivity contribution in [3.63, 3.8) is 0 Å². The highest BCUT2D eigenvalue weighted by Gasteiger charge is 2.18. The van der Waals surface area contributed by atoms with Crippen molar-refractivity contribution >= 4 is 24.0 Å². The Morgan fingerprint density at radius 1 is 1.21 bits per heavy atom. The van der Waals surface area contributed by atoms with Crippen LogP contribution in [0.15, 0.2) is 12.1 Å². The van der Waals surface area contributed by atoms with Crippen LogP contribution in [-0.4, -0.2) is 11.9 Å². The number of rotatable bonds is 4. The molecule has 7 heteroatoms. The van der Waals surface area contributed by atoms with E-state index in [9.17, 15) is 18.0 Å². The fourth-order valence-electron chi connectivity index (χ4n) is 1.46. The Hall–Kier alpha value is -1.27. The number of halogens is 4.